The van der Waals surface area contributed by atoms with Gasteiger partial charge in [0.2, 0.25) is 0 Å². The van der Waals surface area contributed by atoms with Gasteiger partial charge < -0.3 is 14.8 Å². The van der Waals surface area contributed by atoms with E-state index in [4.69, 9.17) is 32.7 Å². The standard InChI is InChI=1S/C26H22Cl2N2O3/c1-3-19-8-4-5-10-23(19)30-26(31)20(15-29)11-18-13-22(28)25(24(14-18)32-2)33-16-17-7-6-9-21(27)12-17/h4-14H,3,16H2,1-2H3,(H,30,31)/b20-11+. The Bertz CT molecular complexity index is 1230. The molecule has 7 heteroatoms. The van der Waals surface area contributed by atoms with E-state index in [2.05, 4.69) is 5.32 Å². The molecule has 168 valence electrons. The van der Waals surface area contributed by atoms with Crippen molar-refractivity contribution >= 4 is 40.9 Å². The molecule has 0 bridgehead atoms. The molecule has 0 atom stereocenters. The predicted molar refractivity (Wildman–Crippen MR) is 132 cm³/mol. The number of methoxy groups -OCH3 is 1. The third kappa shape index (κ3) is 6.29. The molecule has 0 saturated heterocycles. The molecular formula is C26H22Cl2N2O3. The van der Waals surface area contributed by atoms with Crippen LogP contribution in [0, 0.1) is 11.3 Å². The van der Waals surface area contributed by atoms with E-state index in [-0.39, 0.29) is 17.2 Å². The van der Waals surface area contributed by atoms with Gasteiger partial charge in [-0.3, -0.25) is 4.79 Å². The zero-order chi connectivity index (χ0) is 23.8. The second kappa shape index (κ2) is 11.4. The largest absolute Gasteiger partial charge is 0.493 e. The van der Waals surface area contributed by atoms with Crippen molar-refractivity contribution < 1.29 is 14.3 Å². The van der Waals surface area contributed by atoms with Crippen molar-refractivity contribution in [3.63, 3.8) is 0 Å². The molecule has 1 amide bonds. The van der Waals surface area contributed by atoms with Crippen LogP contribution in [0.15, 0.2) is 66.2 Å². The number of hydrogen-bond acceptors (Lipinski definition) is 4. The van der Waals surface area contributed by atoms with Crippen molar-refractivity contribution in [2.75, 3.05) is 12.4 Å². The first-order chi connectivity index (χ1) is 15.9. The molecule has 3 aromatic rings. The molecule has 33 heavy (non-hydrogen) atoms. The number of nitrogens with zero attached hydrogens (tertiary/aromatic N) is 1. The second-order valence-electron chi connectivity index (χ2n) is 7.09. The van der Waals surface area contributed by atoms with Crippen molar-refractivity contribution in [3.8, 4) is 17.6 Å². The number of benzene rings is 3. The number of rotatable bonds is 8. The summed E-state index contributed by atoms with van der Waals surface area (Å²) in [6, 6.07) is 20.0. The highest BCUT2D eigenvalue weighted by atomic mass is 35.5. The fourth-order valence-electron chi connectivity index (χ4n) is 3.20. The van der Waals surface area contributed by atoms with Gasteiger partial charge in [0.25, 0.3) is 5.91 Å². The zero-order valence-electron chi connectivity index (χ0n) is 18.2. The minimum atomic E-state index is -0.505. The van der Waals surface area contributed by atoms with Crippen LogP contribution < -0.4 is 14.8 Å². The van der Waals surface area contributed by atoms with Gasteiger partial charge in [-0.15, -0.1) is 0 Å². The highest BCUT2D eigenvalue weighted by molar-refractivity contribution is 6.32. The van der Waals surface area contributed by atoms with E-state index in [9.17, 15) is 10.1 Å². The summed E-state index contributed by atoms with van der Waals surface area (Å²) >= 11 is 12.5. The van der Waals surface area contributed by atoms with E-state index in [0.29, 0.717) is 27.8 Å². The fraction of sp³-hybridized carbons (Fsp3) is 0.154. The molecule has 0 aliphatic heterocycles. The van der Waals surface area contributed by atoms with Crippen molar-refractivity contribution in [2.24, 2.45) is 0 Å². The number of carbonyl (C=O) groups is 1. The van der Waals surface area contributed by atoms with Crippen molar-refractivity contribution in [2.45, 2.75) is 20.0 Å². The zero-order valence-corrected chi connectivity index (χ0v) is 19.7. The van der Waals surface area contributed by atoms with Gasteiger partial charge in [0.05, 0.1) is 12.1 Å². The average molecular weight is 481 g/mol. The molecule has 0 unspecified atom stereocenters. The molecule has 1 N–H and O–H groups in total. The van der Waals surface area contributed by atoms with Crippen LogP contribution >= 0.6 is 23.2 Å². The number of ether oxygens (including phenoxy) is 2. The SMILES string of the molecule is CCc1ccccc1NC(=O)/C(C#N)=C/c1cc(Cl)c(OCc2cccc(Cl)c2)c(OC)c1. The molecule has 0 aliphatic rings. The minimum Gasteiger partial charge on any atom is -0.493 e. The summed E-state index contributed by atoms with van der Waals surface area (Å²) in [5.74, 6) is 0.232. The van der Waals surface area contributed by atoms with Gasteiger partial charge in [0, 0.05) is 10.7 Å². The smallest absolute Gasteiger partial charge is 0.266 e. The van der Waals surface area contributed by atoms with Gasteiger partial charge in [0.1, 0.15) is 18.2 Å². The van der Waals surface area contributed by atoms with Gasteiger partial charge in [-0.05, 0) is 59.5 Å². The summed E-state index contributed by atoms with van der Waals surface area (Å²) in [4.78, 5) is 12.7. The first-order valence-corrected chi connectivity index (χ1v) is 11.0. The van der Waals surface area contributed by atoms with E-state index in [1.807, 2.05) is 43.3 Å². The van der Waals surface area contributed by atoms with Crippen LogP contribution in [0.25, 0.3) is 6.08 Å². The summed E-state index contributed by atoms with van der Waals surface area (Å²) in [5, 5.41) is 13.3. The maximum absolute atomic E-state index is 12.7. The van der Waals surface area contributed by atoms with Crippen LogP contribution in [0.1, 0.15) is 23.6 Å². The molecule has 0 fully saturated rings. The molecule has 3 aromatic carbocycles. The summed E-state index contributed by atoms with van der Waals surface area (Å²) in [6.07, 6.45) is 2.21. The van der Waals surface area contributed by atoms with Gasteiger partial charge in [0.15, 0.2) is 11.5 Å². The number of nitriles is 1. The predicted octanol–water partition coefficient (Wildman–Crippen LogP) is 6.69. The maximum atomic E-state index is 12.7. The van der Waals surface area contributed by atoms with Gasteiger partial charge in [-0.25, -0.2) is 0 Å². The van der Waals surface area contributed by atoms with E-state index in [1.165, 1.54) is 13.2 Å². The second-order valence-corrected chi connectivity index (χ2v) is 7.93. The Hall–Kier alpha value is -3.46. The number of halogens is 2. The first-order valence-electron chi connectivity index (χ1n) is 10.2. The van der Waals surface area contributed by atoms with Crippen LogP contribution in [0.5, 0.6) is 11.5 Å². The van der Waals surface area contributed by atoms with Crippen LogP contribution in [0.3, 0.4) is 0 Å². The molecule has 0 aliphatic carbocycles. The van der Waals surface area contributed by atoms with E-state index in [0.717, 1.165) is 17.5 Å². The summed E-state index contributed by atoms with van der Waals surface area (Å²) in [5.41, 5.74) is 3.00. The van der Waals surface area contributed by atoms with Gasteiger partial charge in [-0.1, -0.05) is 60.5 Å². The molecule has 0 aromatic heterocycles. The number of hydrogen-bond donors (Lipinski definition) is 1. The average Bonchev–Trinajstić information content (AvgIpc) is 2.81. The lowest BCUT2D eigenvalue weighted by atomic mass is 10.1. The van der Waals surface area contributed by atoms with Crippen molar-refractivity contribution in [3.05, 3.63) is 93.0 Å². The summed E-state index contributed by atoms with van der Waals surface area (Å²) in [7, 11) is 1.49. The van der Waals surface area contributed by atoms with Crippen LogP contribution in [0.4, 0.5) is 5.69 Å². The lowest BCUT2D eigenvalue weighted by Crippen LogP contribution is -2.14. The normalized spacial score (nSPS) is 10.9. The number of amides is 1. The Morgan fingerprint density at radius 1 is 1.12 bits per heavy atom. The highest BCUT2D eigenvalue weighted by Gasteiger charge is 2.15. The number of carbonyl (C=O) groups excluding carboxylic acids is 1. The maximum Gasteiger partial charge on any atom is 0.266 e. The molecular weight excluding hydrogens is 459 g/mol. The molecule has 5 nitrogen and oxygen atoms in total. The molecule has 0 spiro atoms. The fourth-order valence-corrected chi connectivity index (χ4v) is 3.69. The van der Waals surface area contributed by atoms with Crippen LogP contribution in [-0.4, -0.2) is 13.0 Å². The third-order valence-corrected chi connectivity index (χ3v) is 5.36. The summed E-state index contributed by atoms with van der Waals surface area (Å²) in [6.45, 7) is 2.24. The van der Waals surface area contributed by atoms with Crippen molar-refractivity contribution in [1.29, 1.82) is 5.26 Å². The number of nitrogens with one attached hydrogen (secondary N) is 1. The van der Waals surface area contributed by atoms with E-state index in [1.54, 1.807) is 30.3 Å². The Balaban J connectivity index is 1.83. The third-order valence-electron chi connectivity index (χ3n) is 4.85. The van der Waals surface area contributed by atoms with Crippen molar-refractivity contribution in [1.82, 2.24) is 0 Å². The Labute approximate surface area is 203 Å². The first kappa shape index (κ1) is 24.2. The molecule has 3 rings (SSSR count). The number of anilines is 1. The molecule has 0 radical (unpaired) electrons. The minimum absolute atomic E-state index is 0.0633. The van der Waals surface area contributed by atoms with E-state index >= 15 is 0 Å². The van der Waals surface area contributed by atoms with Gasteiger partial charge in [-0.2, -0.15) is 5.26 Å². The monoisotopic (exact) mass is 480 g/mol. The number of aryl methyl sites for hydroxylation is 1. The van der Waals surface area contributed by atoms with E-state index < -0.39 is 5.91 Å². The number of para-hydroxylation sites is 1. The van der Waals surface area contributed by atoms with Gasteiger partial charge >= 0.3 is 0 Å². The molecule has 0 saturated carbocycles. The lowest BCUT2D eigenvalue weighted by molar-refractivity contribution is -0.112. The Kier molecular flexibility index (Phi) is 8.37. The Morgan fingerprint density at radius 2 is 1.91 bits per heavy atom. The molecule has 0 heterocycles. The van der Waals surface area contributed by atoms with Crippen LogP contribution in [0.2, 0.25) is 10.0 Å². The lowest BCUT2D eigenvalue weighted by Gasteiger charge is -2.14. The topological polar surface area (TPSA) is 71.4 Å². The highest BCUT2D eigenvalue weighted by Crippen LogP contribution is 2.37. The van der Waals surface area contributed by atoms with Crippen LogP contribution in [-0.2, 0) is 17.8 Å². The summed E-state index contributed by atoms with van der Waals surface area (Å²) < 4.78 is 11.3. The quantitative estimate of drug-likeness (QED) is 0.288. The Morgan fingerprint density at radius 3 is 2.61 bits per heavy atom.